The summed E-state index contributed by atoms with van der Waals surface area (Å²) in [6.07, 6.45) is 0.931. The SMILES string of the molecule is COC(=O)C[C@H](CI)N[B]C=O. The average molecular weight is 282 g/mol. The maximum Gasteiger partial charge on any atom is 0.307 e. The van der Waals surface area contributed by atoms with Crippen LogP contribution in [0, 0.1) is 0 Å². The molecule has 0 aliphatic carbocycles. The molecule has 4 nitrogen and oxygen atoms in total. The van der Waals surface area contributed by atoms with Gasteiger partial charge in [-0.15, -0.1) is 0 Å². The van der Waals surface area contributed by atoms with Crippen molar-refractivity contribution in [3.63, 3.8) is 0 Å². The van der Waals surface area contributed by atoms with Gasteiger partial charge in [0.05, 0.1) is 19.7 Å². The molecule has 0 aromatic rings. The smallest absolute Gasteiger partial charge is 0.307 e. The third kappa shape index (κ3) is 5.53. The van der Waals surface area contributed by atoms with Crippen molar-refractivity contribution in [2.24, 2.45) is 0 Å². The third-order valence-electron chi connectivity index (χ3n) is 1.23. The van der Waals surface area contributed by atoms with E-state index in [2.05, 4.69) is 32.6 Å². The maximum atomic E-state index is 10.8. The van der Waals surface area contributed by atoms with Crippen molar-refractivity contribution in [2.45, 2.75) is 12.5 Å². The second-order valence-corrected chi connectivity index (χ2v) is 2.98. The maximum absolute atomic E-state index is 10.8. The van der Waals surface area contributed by atoms with Crippen LogP contribution in [0.5, 0.6) is 0 Å². The molecule has 1 radical (unpaired) electrons. The Hall–Kier alpha value is -0.105. The molecule has 0 heterocycles. The molecule has 0 rings (SSSR count). The van der Waals surface area contributed by atoms with E-state index in [1.807, 2.05) is 0 Å². The minimum Gasteiger partial charge on any atom is -0.469 e. The summed E-state index contributed by atoms with van der Waals surface area (Å²) in [5, 5.41) is 2.78. The van der Waals surface area contributed by atoms with Gasteiger partial charge in [0.2, 0.25) is 0 Å². The molecule has 6 heteroatoms. The molecule has 12 heavy (non-hydrogen) atoms. The first kappa shape index (κ1) is 11.9. The number of ether oxygens (including phenoxy) is 1. The summed E-state index contributed by atoms with van der Waals surface area (Å²) < 4.78 is 5.23. The Balaban J connectivity index is 3.66. The topological polar surface area (TPSA) is 55.4 Å². The quantitative estimate of drug-likeness (QED) is 0.240. The summed E-state index contributed by atoms with van der Waals surface area (Å²) in [5.41, 5.74) is 0. The zero-order valence-corrected chi connectivity index (χ0v) is 8.91. The number of alkyl halides is 1. The Labute approximate surface area is 85.8 Å². The summed E-state index contributed by atoms with van der Waals surface area (Å²) in [6.45, 7) is 0. The molecule has 0 fully saturated rings. The zero-order chi connectivity index (χ0) is 9.40. The average Bonchev–Trinajstić information content (AvgIpc) is 2.11. The molecule has 0 aliphatic rings. The normalized spacial score (nSPS) is 11.8. The minimum atomic E-state index is -0.275. The van der Waals surface area contributed by atoms with Gasteiger partial charge in [-0.1, -0.05) is 22.6 Å². The highest BCUT2D eigenvalue weighted by molar-refractivity contribution is 14.1. The second-order valence-electron chi connectivity index (χ2n) is 2.10. The van der Waals surface area contributed by atoms with E-state index in [1.54, 1.807) is 0 Å². The molecule has 1 atom stereocenters. The molecular formula is C6H10BINO3. The van der Waals surface area contributed by atoms with Crippen LogP contribution in [0.25, 0.3) is 0 Å². The van der Waals surface area contributed by atoms with Crippen LogP contribution in [0.15, 0.2) is 0 Å². The monoisotopic (exact) mass is 282 g/mol. The molecule has 0 bridgehead atoms. The highest BCUT2D eigenvalue weighted by Crippen LogP contribution is 1.98. The highest BCUT2D eigenvalue weighted by Gasteiger charge is 2.11. The first-order valence-electron chi connectivity index (χ1n) is 3.40. The van der Waals surface area contributed by atoms with Gasteiger partial charge in [-0.05, 0) is 0 Å². The van der Waals surface area contributed by atoms with Crippen molar-refractivity contribution in [3.8, 4) is 0 Å². The number of nitrogens with one attached hydrogen (secondary N) is 1. The van der Waals surface area contributed by atoms with Crippen LogP contribution in [-0.4, -0.2) is 37.1 Å². The lowest BCUT2D eigenvalue weighted by molar-refractivity contribution is -0.140. The second kappa shape index (κ2) is 7.54. The van der Waals surface area contributed by atoms with Gasteiger partial charge in [-0.3, -0.25) is 4.79 Å². The van der Waals surface area contributed by atoms with Gasteiger partial charge in [-0.2, -0.15) is 0 Å². The predicted octanol–water partition coefficient (Wildman–Crippen LogP) is -0.248. The fourth-order valence-electron chi connectivity index (χ4n) is 0.618. The molecule has 0 saturated heterocycles. The van der Waals surface area contributed by atoms with Gasteiger partial charge in [-0.25, -0.2) is 0 Å². The van der Waals surface area contributed by atoms with E-state index < -0.39 is 0 Å². The highest BCUT2D eigenvalue weighted by atomic mass is 127. The van der Waals surface area contributed by atoms with Gasteiger partial charge in [0.25, 0.3) is 7.41 Å². The van der Waals surface area contributed by atoms with E-state index in [4.69, 9.17) is 0 Å². The van der Waals surface area contributed by atoms with Gasteiger partial charge in [0.15, 0.2) is 0 Å². The lowest BCUT2D eigenvalue weighted by Crippen LogP contribution is -2.36. The lowest BCUT2D eigenvalue weighted by atomic mass is 9.96. The van der Waals surface area contributed by atoms with Crippen LogP contribution in [0.4, 0.5) is 0 Å². The van der Waals surface area contributed by atoms with Crippen molar-refractivity contribution in [2.75, 3.05) is 11.5 Å². The summed E-state index contributed by atoms with van der Waals surface area (Å²) in [4.78, 5) is 20.7. The predicted molar refractivity (Wildman–Crippen MR) is 54.9 cm³/mol. The van der Waals surface area contributed by atoms with Crippen LogP contribution in [0.1, 0.15) is 6.42 Å². The van der Waals surface area contributed by atoms with Crippen molar-refractivity contribution in [1.82, 2.24) is 5.23 Å². The molecule has 1 N–H and O–H groups in total. The zero-order valence-electron chi connectivity index (χ0n) is 6.75. The van der Waals surface area contributed by atoms with Crippen molar-refractivity contribution < 1.29 is 14.3 Å². The fourth-order valence-corrected chi connectivity index (χ4v) is 1.18. The Morgan fingerprint density at radius 2 is 2.50 bits per heavy atom. The Morgan fingerprint density at radius 1 is 1.83 bits per heavy atom. The van der Waals surface area contributed by atoms with Crippen LogP contribution >= 0.6 is 22.6 Å². The fraction of sp³-hybridized carbons (Fsp3) is 0.667. The van der Waals surface area contributed by atoms with Gasteiger partial charge < -0.3 is 14.8 Å². The first-order chi connectivity index (χ1) is 5.74. The lowest BCUT2D eigenvalue weighted by Gasteiger charge is -2.11. The van der Waals surface area contributed by atoms with E-state index in [-0.39, 0.29) is 18.4 Å². The summed E-state index contributed by atoms with van der Waals surface area (Å²) >= 11 is 2.13. The number of hydrogen-bond acceptors (Lipinski definition) is 4. The number of esters is 1. The summed E-state index contributed by atoms with van der Waals surface area (Å²) in [7, 11) is 2.63. The largest absolute Gasteiger partial charge is 0.469 e. The first-order valence-corrected chi connectivity index (χ1v) is 4.93. The molecule has 0 spiro atoms. The number of rotatable bonds is 6. The molecular weight excluding hydrogens is 272 g/mol. The van der Waals surface area contributed by atoms with Crippen LogP contribution in [-0.2, 0) is 14.3 Å². The van der Waals surface area contributed by atoms with Crippen LogP contribution in [0.3, 0.4) is 0 Å². The van der Waals surface area contributed by atoms with Crippen LogP contribution in [0.2, 0.25) is 0 Å². The van der Waals surface area contributed by atoms with Gasteiger partial charge >= 0.3 is 5.97 Å². The third-order valence-corrected chi connectivity index (χ3v) is 2.29. The van der Waals surface area contributed by atoms with E-state index in [1.165, 1.54) is 14.5 Å². The standard InChI is InChI=1S/C6H10BINO3/c1-12-6(11)2-5(3-8)9-7-4-10/h4-5,9H,2-3H2,1H3/t5-/m1/s1. The Kier molecular flexibility index (Phi) is 7.47. The van der Waals surface area contributed by atoms with Crippen molar-refractivity contribution in [1.29, 1.82) is 0 Å². The Morgan fingerprint density at radius 3 is 2.92 bits per heavy atom. The van der Waals surface area contributed by atoms with E-state index in [0.717, 1.165) is 4.43 Å². The number of methoxy groups -OCH3 is 1. The molecule has 0 amide bonds. The molecule has 67 valence electrons. The van der Waals surface area contributed by atoms with Crippen LogP contribution < -0.4 is 5.23 Å². The summed E-state index contributed by atoms with van der Waals surface area (Å²) in [5.74, 6) is -0.275. The van der Waals surface area contributed by atoms with E-state index in [9.17, 15) is 9.59 Å². The van der Waals surface area contributed by atoms with Crippen molar-refractivity contribution >= 4 is 42.2 Å². The number of carbonyl (C=O) groups is 2. The molecule has 0 unspecified atom stereocenters. The Bertz CT molecular complexity index is 156. The van der Waals surface area contributed by atoms with Gasteiger partial charge in [0.1, 0.15) is 0 Å². The van der Waals surface area contributed by atoms with Gasteiger partial charge in [0, 0.05) is 10.5 Å². The molecule has 0 aromatic heterocycles. The number of halogens is 1. The number of hydrogen-bond donors (Lipinski definition) is 1. The molecule has 0 aromatic carbocycles. The summed E-state index contributed by atoms with van der Waals surface area (Å²) in [6, 6.07) is -0.0248. The molecule has 0 saturated carbocycles. The van der Waals surface area contributed by atoms with E-state index >= 15 is 0 Å². The molecule has 0 aliphatic heterocycles. The van der Waals surface area contributed by atoms with E-state index in [0.29, 0.717) is 6.19 Å². The minimum absolute atomic E-state index is 0.0248. The van der Waals surface area contributed by atoms with Crippen molar-refractivity contribution in [3.05, 3.63) is 0 Å². The number of carbonyl (C=O) groups excluding carboxylic acids is 2.